The first kappa shape index (κ1) is 25.8. The summed E-state index contributed by atoms with van der Waals surface area (Å²) in [6.07, 6.45) is 2.32. The fourth-order valence-corrected chi connectivity index (χ4v) is 5.51. The summed E-state index contributed by atoms with van der Waals surface area (Å²) in [5.74, 6) is -0.833. The van der Waals surface area contributed by atoms with Crippen molar-refractivity contribution in [2.45, 2.75) is 57.0 Å². The summed E-state index contributed by atoms with van der Waals surface area (Å²) >= 11 is 0. The second-order valence-electron chi connectivity index (χ2n) is 8.47. The van der Waals surface area contributed by atoms with Gasteiger partial charge < -0.3 is 10.2 Å². The maximum absolute atomic E-state index is 13.3. The molecular formula is C25H32FN3O4S. The van der Waals surface area contributed by atoms with Gasteiger partial charge in [0.15, 0.2) is 0 Å². The minimum atomic E-state index is -3.48. The lowest BCUT2D eigenvalue weighted by molar-refractivity contribution is -0.140. The molecule has 1 fully saturated rings. The zero-order valence-electron chi connectivity index (χ0n) is 19.7. The molecule has 0 spiro atoms. The first-order chi connectivity index (χ1) is 16.2. The van der Waals surface area contributed by atoms with Crippen molar-refractivity contribution < 1.29 is 22.4 Å². The molecule has 34 heavy (non-hydrogen) atoms. The molecular weight excluding hydrogens is 457 g/mol. The summed E-state index contributed by atoms with van der Waals surface area (Å²) in [6.45, 7) is 5.21. The van der Waals surface area contributed by atoms with Gasteiger partial charge >= 0.3 is 0 Å². The molecule has 2 amide bonds. The Morgan fingerprint density at radius 2 is 1.62 bits per heavy atom. The molecule has 1 N–H and O–H groups in total. The summed E-state index contributed by atoms with van der Waals surface area (Å²) < 4.78 is 40.2. The van der Waals surface area contributed by atoms with Crippen LogP contribution in [0.2, 0.25) is 0 Å². The van der Waals surface area contributed by atoms with E-state index in [0.717, 1.165) is 24.0 Å². The highest BCUT2D eigenvalue weighted by Crippen LogP contribution is 2.21. The number of halogens is 1. The van der Waals surface area contributed by atoms with Gasteiger partial charge in [0.05, 0.1) is 4.90 Å². The van der Waals surface area contributed by atoms with Crippen molar-refractivity contribution in [1.29, 1.82) is 0 Å². The number of sulfonamides is 1. The fourth-order valence-electron chi connectivity index (χ4n) is 3.99. The largest absolute Gasteiger partial charge is 0.355 e. The maximum Gasteiger partial charge on any atom is 0.243 e. The molecule has 0 unspecified atom stereocenters. The first-order valence-corrected chi connectivity index (χ1v) is 13.1. The van der Waals surface area contributed by atoms with Crippen LogP contribution in [-0.4, -0.2) is 55.1 Å². The van der Waals surface area contributed by atoms with Crippen molar-refractivity contribution in [3.63, 3.8) is 0 Å². The van der Waals surface area contributed by atoms with Crippen LogP contribution in [0.4, 0.5) is 4.39 Å². The Labute approximate surface area is 201 Å². The molecule has 0 radical (unpaired) electrons. The predicted octanol–water partition coefficient (Wildman–Crippen LogP) is 3.10. The van der Waals surface area contributed by atoms with Crippen LogP contribution in [0.5, 0.6) is 0 Å². The normalized spacial score (nSPS) is 15.1. The average Bonchev–Trinajstić information content (AvgIpc) is 3.38. The van der Waals surface area contributed by atoms with Gasteiger partial charge in [0.1, 0.15) is 11.9 Å². The van der Waals surface area contributed by atoms with E-state index in [2.05, 4.69) is 5.32 Å². The standard InChI is InChI=1S/C25H32FN3O4S/c1-3-27-25(31)19(2)29(18-21-6-11-22(26)12-7-21)24(30)15-10-20-8-13-23(14-9-20)34(32,33)28-16-4-5-17-28/h6-9,11-14,19H,3-5,10,15-18H2,1-2H3,(H,27,31)/t19-/m1/s1. The van der Waals surface area contributed by atoms with Gasteiger partial charge in [0.25, 0.3) is 0 Å². The van der Waals surface area contributed by atoms with Crippen molar-refractivity contribution in [3.8, 4) is 0 Å². The molecule has 1 heterocycles. The molecule has 1 aliphatic rings. The minimum absolute atomic E-state index is 0.156. The molecule has 1 saturated heterocycles. The monoisotopic (exact) mass is 489 g/mol. The number of likely N-dealkylation sites (N-methyl/N-ethyl adjacent to an activating group) is 1. The molecule has 0 aliphatic carbocycles. The SMILES string of the molecule is CCNC(=O)[C@@H](C)N(Cc1ccc(F)cc1)C(=O)CCc1ccc(S(=O)(=O)N2CCCC2)cc1. The Balaban J connectivity index is 1.68. The van der Waals surface area contributed by atoms with E-state index in [9.17, 15) is 22.4 Å². The zero-order valence-corrected chi connectivity index (χ0v) is 20.5. The number of rotatable bonds is 10. The lowest BCUT2D eigenvalue weighted by atomic mass is 10.1. The third-order valence-electron chi connectivity index (χ3n) is 6.04. The molecule has 1 atom stereocenters. The Bertz CT molecular complexity index is 1080. The maximum atomic E-state index is 13.3. The number of carbonyl (C=O) groups excluding carboxylic acids is 2. The summed E-state index contributed by atoms with van der Waals surface area (Å²) in [5.41, 5.74) is 1.56. The van der Waals surface area contributed by atoms with E-state index in [1.807, 2.05) is 6.92 Å². The topological polar surface area (TPSA) is 86.8 Å². The third-order valence-corrected chi connectivity index (χ3v) is 7.95. The van der Waals surface area contributed by atoms with Crippen LogP contribution in [-0.2, 0) is 32.6 Å². The molecule has 2 aromatic rings. The molecule has 1 aliphatic heterocycles. The lowest BCUT2D eigenvalue weighted by Crippen LogP contribution is -2.47. The van der Waals surface area contributed by atoms with Crippen molar-refractivity contribution >= 4 is 21.8 Å². The average molecular weight is 490 g/mol. The van der Waals surface area contributed by atoms with E-state index in [1.165, 1.54) is 21.3 Å². The van der Waals surface area contributed by atoms with Crippen LogP contribution in [0.25, 0.3) is 0 Å². The minimum Gasteiger partial charge on any atom is -0.355 e. The van der Waals surface area contributed by atoms with E-state index < -0.39 is 16.1 Å². The molecule has 184 valence electrons. The van der Waals surface area contributed by atoms with Crippen LogP contribution >= 0.6 is 0 Å². The Kier molecular flexibility index (Phi) is 8.79. The Hall–Kier alpha value is -2.78. The number of hydrogen-bond donors (Lipinski definition) is 1. The Morgan fingerprint density at radius 1 is 1.03 bits per heavy atom. The second kappa shape index (κ2) is 11.6. The third kappa shape index (κ3) is 6.42. The van der Waals surface area contributed by atoms with Crippen LogP contribution in [0.1, 0.15) is 44.2 Å². The van der Waals surface area contributed by atoms with Gasteiger partial charge in [0.2, 0.25) is 21.8 Å². The van der Waals surface area contributed by atoms with Crippen molar-refractivity contribution in [1.82, 2.24) is 14.5 Å². The summed E-state index contributed by atoms with van der Waals surface area (Å²) in [5, 5.41) is 2.74. The van der Waals surface area contributed by atoms with E-state index in [0.29, 0.717) is 26.1 Å². The lowest BCUT2D eigenvalue weighted by Gasteiger charge is -2.29. The van der Waals surface area contributed by atoms with Crippen LogP contribution in [0.3, 0.4) is 0 Å². The van der Waals surface area contributed by atoms with E-state index in [-0.39, 0.29) is 35.5 Å². The van der Waals surface area contributed by atoms with E-state index >= 15 is 0 Å². The molecule has 0 bridgehead atoms. The highest BCUT2D eigenvalue weighted by Gasteiger charge is 2.28. The van der Waals surface area contributed by atoms with Gasteiger partial charge in [-0.1, -0.05) is 24.3 Å². The molecule has 7 nitrogen and oxygen atoms in total. The number of amides is 2. The van der Waals surface area contributed by atoms with Crippen LogP contribution in [0.15, 0.2) is 53.4 Å². The molecule has 0 aromatic heterocycles. The first-order valence-electron chi connectivity index (χ1n) is 11.6. The second-order valence-corrected chi connectivity index (χ2v) is 10.4. The number of aryl methyl sites for hydroxylation is 1. The van der Waals surface area contributed by atoms with Gasteiger partial charge in [-0.25, -0.2) is 12.8 Å². The van der Waals surface area contributed by atoms with Gasteiger partial charge in [-0.3, -0.25) is 9.59 Å². The summed E-state index contributed by atoms with van der Waals surface area (Å²) in [4.78, 5) is 27.3. The quantitative estimate of drug-likeness (QED) is 0.556. The summed E-state index contributed by atoms with van der Waals surface area (Å²) in [6, 6.07) is 11.8. The number of nitrogens with zero attached hydrogens (tertiary/aromatic N) is 2. The highest BCUT2D eigenvalue weighted by atomic mass is 32.2. The number of carbonyl (C=O) groups is 2. The van der Waals surface area contributed by atoms with Crippen molar-refractivity contribution in [2.75, 3.05) is 19.6 Å². The van der Waals surface area contributed by atoms with Crippen LogP contribution < -0.4 is 5.32 Å². The fraction of sp³-hybridized carbons (Fsp3) is 0.440. The van der Waals surface area contributed by atoms with E-state index in [1.54, 1.807) is 43.3 Å². The van der Waals surface area contributed by atoms with Gasteiger partial charge in [-0.15, -0.1) is 0 Å². The zero-order chi connectivity index (χ0) is 24.7. The van der Waals surface area contributed by atoms with E-state index in [4.69, 9.17) is 0 Å². The number of hydrogen-bond acceptors (Lipinski definition) is 4. The number of nitrogens with one attached hydrogen (secondary N) is 1. The van der Waals surface area contributed by atoms with Crippen molar-refractivity contribution in [3.05, 3.63) is 65.5 Å². The highest BCUT2D eigenvalue weighted by molar-refractivity contribution is 7.89. The number of benzene rings is 2. The Morgan fingerprint density at radius 3 is 2.21 bits per heavy atom. The van der Waals surface area contributed by atoms with Gasteiger partial charge in [-0.2, -0.15) is 4.31 Å². The molecule has 9 heteroatoms. The van der Waals surface area contributed by atoms with Crippen LogP contribution in [0, 0.1) is 5.82 Å². The molecule has 0 saturated carbocycles. The molecule has 3 rings (SSSR count). The smallest absolute Gasteiger partial charge is 0.243 e. The predicted molar refractivity (Wildman–Crippen MR) is 128 cm³/mol. The molecule has 2 aromatic carbocycles. The van der Waals surface area contributed by atoms with Crippen molar-refractivity contribution in [2.24, 2.45) is 0 Å². The summed E-state index contributed by atoms with van der Waals surface area (Å²) in [7, 11) is -3.48. The van der Waals surface area contributed by atoms with Gasteiger partial charge in [0, 0.05) is 32.6 Å². The van der Waals surface area contributed by atoms with Gasteiger partial charge in [-0.05, 0) is 68.5 Å².